The average Bonchev–Trinajstić information content (AvgIpc) is 2.88. The Morgan fingerprint density at radius 2 is 2.16 bits per heavy atom. The van der Waals surface area contributed by atoms with Crippen LogP contribution in [0.3, 0.4) is 0 Å². The summed E-state index contributed by atoms with van der Waals surface area (Å²) in [5.41, 5.74) is 0.301. The second kappa shape index (κ2) is 5.30. The number of nitrogens with zero attached hydrogens (tertiary/aromatic N) is 2. The molecule has 0 N–H and O–H groups in total. The number of hydrogen-bond acceptors (Lipinski definition) is 6. The van der Waals surface area contributed by atoms with Crippen LogP contribution >= 0.6 is 0 Å². The van der Waals surface area contributed by atoms with Crippen molar-refractivity contribution in [3.63, 3.8) is 0 Å². The maximum atomic E-state index is 11.7. The zero-order valence-electron chi connectivity index (χ0n) is 10.0. The maximum absolute atomic E-state index is 11.7. The van der Waals surface area contributed by atoms with E-state index in [1.54, 1.807) is 19.1 Å². The molecule has 0 saturated carbocycles. The van der Waals surface area contributed by atoms with E-state index in [0.717, 1.165) is 0 Å². The highest BCUT2D eigenvalue weighted by Gasteiger charge is 2.24. The summed E-state index contributed by atoms with van der Waals surface area (Å²) in [6.07, 6.45) is 1.19. The molecule has 0 atom stereocenters. The molecule has 0 aliphatic rings. The summed E-state index contributed by atoms with van der Waals surface area (Å²) >= 11 is 0. The van der Waals surface area contributed by atoms with Crippen LogP contribution in [0.5, 0.6) is 0 Å². The number of esters is 1. The zero-order chi connectivity index (χ0) is 13.8. The van der Waals surface area contributed by atoms with Gasteiger partial charge in [-0.1, -0.05) is 17.3 Å². The minimum absolute atomic E-state index is 0.0730. The number of benzene rings is 1. The fraction of sp³-hybridized carbons (Fsp3) is 0.167. The first-order valence-corrected chi connectivity index (χ1v) is 5.50. The van der Waals surface area contributed by atoms with E-state index in [1.165, 1.54) is 18.4 Å². The summed E-state index contributed by atoms with van der Waals surface area (Å²) in [6.45, 7) is 1.84. The lowest BCUT2D eigenvalue weighted by Crippen LogP contribution is -2.06. The van der Waals surface area contributed by atoms with Gasteiger partial charge in [0.1, 0.15) is 6.26 Å². The van der Waals surface area contributed by atoms with Gasteiger partial charge in [0.25, 0.3) is 5.69 Å². The molecule has 0 amide bonds. The molecule has 19 heavy (non-hydrogen) atoms. The summed E-state index contributed by atoms with van der Waals surface area (Å²) in [7, 11) is 0. The van der Waals surface area contributed by atoms with E-state index in [-0.39, 0.29) is 29.1 Å². The molecule has 0 bridgehead atoms. The standard InChI is InChI=1S/C12H10N2O5/c1-2-18-12(15)11-9(7-19-13-11)8-5-3-4-6-10(8)14(16)17/h3-7H,2H2,1H3. The maximum Gasteiger partial charge on any atom is 0.361 e. The van der Waals surface area contributed by atoms with Crippen molar-refractivity contribution in [1.82, 2.24) is 5.16 Å². The molecule has 2 rings (SSSR count). The first kappa shape index (κ1) is 12.7. The summed E-state index contributed by atoms with van der Waals surface area (Å²) in [5, 5.41) is 14.5. The molecule has 7 heteroatoms. The summed E-state index contributed by atoms with van der Waals surface area (Å²) in [6, 6.07) is 6.04. The molecule has 0 spiro atoms. The van der Waals surface area contributed by atoms with E-state index in [9.17, 15) is 14.9 Å². The fourth-order valence-electron chi connectivity index (χ4n) is 1.64. The number of ether oxygens (including phenoxy) is 1. The van der Waals surface area contributed by atoms with Crippen molar-refractivity contribution in [2.45, 2.75) is 6.92 Å². The topological polar surface area (TPSA) is 95.5 Å². The number of rotatable bonds is 4. The predicted molar refractivity (Wildman–Crippen MR) is 64.5 cm³/mol. The molecule has 0 fully saturated rings. The Morgan fingerprint density at radius 3 is 2.84 bits per heavy atom. The Kier molecular flexibility index (Phi) is 3.56. The van der Waals surface area contributed by atoms with Crippen LogP contribution in [-0.4, -0.2) is 22.7 Å². The van der Waals surface area contributed by atoms with Crippen molar-refractivity contribution in [1.29, 1.82) is 0 Å². The van der Waals surface area contributed by atoms with E-state index in [4.69, 9.17) is 9.26 Å². The molecule has 0 saturated heterocycles. The van der Waals surface area contributed by atoms with Crippen LogP contribution in [0.15, 0.2) is 35.1 Å². The third-order valence-corrected chi connectivity index (χ3v) is 2.43. The van der Waals surface area contributed by atoms with Gasteiger partial charge in [-0.3, -0.25) is 10.1 Å². The van der Waals surface area contributed by atoms with Crippen LogP contribution in [0.25, 0.3) is 11.1 Å². The number of carbonyl (C=O) groups excluding carboxylic acids is 1. The molecular formula is C12H10N2O5. The molecule has 0 radical (unpaired) electrons. The van der Waals surface area contributed by atoms with Crippen LogP contribution < -0.4 is 0 Å². The van der Waals surface area contributed by atoms with Crippen LogP contribution in [0.1, 0.15) is 17.4 Å². The van der Waals surface area contributed by atoms with Crippen molar-refractivity contribution in [2.75, 3.05) is 6.61 Å². The van der Waals surface area contributed by atoms with E-state index >= 15 is 0 Å². The van der Waals surface area contributed by atoms with Gasteiger partial charge < -0.3 is 9.26 Å². The van der Waals surface area contributed by atoms with Gasteiger partial charge in [-0.25, -0.2) is 4.79 Å². The van der Waals surface area contributed by atoms with Gasteiger partial charge in [0.15, 0.2) is 5.69 Å². The Bertz CT molecular complexity index is 620. The third-order valence-electron chi connectivity index (χ3n) is 2.43. The Balaban J connectivity index is 2.52. The van der Waals surface area contributed by atoms with Crippen LogP contribution in [-0.2, 0) is 4.74 Å². The van der Waals surface area contributed by atoms with Crippen LogP contribution in [0.4, 0.5) is 5.69 Å². The molecule has 0 unspecified atom stereocenters. The quantitative estimate of drug-likeness (QED) is 0.477. The van der Waals surface area contributed by atoms with Gasteiger partial charge in [0.05, 0.1) is 22.7 Å². The van der Waals surface area contributed by atoms with Crippen molar-refractivity contribution in [2.24, 2.45) is 0 Å². The van der Waals surface area contributed by atoms with E-state index in [2.05, 4.69) is 5.16 Å². The molecule has 1 aromatic heterocycles. The molecule has 2 aromatic rings. The molecular weight excluding hydrogens is 252 g/mol. The first-order chi connectivity index (χ1) is 9.15. The van der Waals surface area contributed by atoms with Crippen molar-refractivity contribution >= 4 is 11.7 Å². The molecule has 1 heterocycles. The second-order valence-corrected chi connectivity index (χ2v) is 3.57. The lowest BCUT2D eigenvalue weighted by molar-refractivity contribution is -0.384. The number of aromatic nitrogens is 1. The number of nitro benzene ring substituents is 1. The summed E-state index contributed by atoms with van der Waals surface area (Å²) < 4.78 is 9.55. The average molecular weight is 262 g/mol. The van der Waals surface area contributed by atoms with Crippen molar-refractivity contribution in [3.8, 4) is 11.1 Å². The van der Waals surface area contributed by atoms with Crippen LogP contribution in [0.2, 0.25) is 0 Å². The highest BCUT2D eigenvalue weighted by molar-refractivity contribution is 5.96. The van der Waals surface area contributed by atoms with E-state index in [0.29, 0.717) is 0 Å². The van der Waals surface area contributed by atoms with Gasteiger partial charge in [0, 0.05) is 6.07 Å². The smallest absolute Gasteiger partial charge is 0.361 e. The lowest BCUT2D eigenvalue weighted by Gasteiger charge is -2.02. The van der Waals surface area contributed by atoms with Gasteiger partial charge in [-0.05, 0) is 13.0 Å². The number of para-hydroxylation sites is 1. The Labute approximate surface area is 107 Å². The lowest BCUT2D eigenvalue weighted by atomic mass is 10.0. The van der Waals surface area contributed by atoms with Crippen molar-refractivity contribution in [3.05, 3.63) is 46.3 Å². The summed E-state index contributed by atoms with van der Waals surface area (Å²) in [5.74, 6) is -0.676. The second-order valence-electron chi connectivity index (χ2n) is 3.57. The molecule has 7 nitrogen and oxygen atoms in total. The largest absolute Gasteiger partial charge is 0.461 e. The highest BCUT2D eigenvalue weighted by Crippen LogP contribution is 2.31. The monoisotopic (exact) mass is 262 g/mol. The van der Waals surface area contributed by atoms with Crippen LogP contribution in [0, 0.1) is 10.1 Å². The fourth-order valence-corrected chi connectivity index (χ4v) is 1.64. The molecule has 98 valence electrons. The normalized spacial score (nSPS) is 10.2. The highest BCUT2D eigenvalue weighted by atomic mass is 16.6. The van der Waals surface area contributed by atoms with Gasteiger partial charge >= 0.3 is 5.97 Å². The number of hydrogen-bond donors (Lipinski definition) is 0. The van der Waals surface area contributed by atoms with Gasteiger partial charge in [0.2, 0.25) is 0 Å². The Morgan fingerprint density at radius 1 is 1.42 bits per heavy atom. The van der Waals surface area contributed by atoms with Crippen molar-refractivity contribution < 1.29 is 19.0 Å². The zero-order valence-corrected chi connectivity index (χ0v) is 10.0. The predicted octanol–water partition coefficient (Wildman–Crippen LogP) is 2.43. The SMILES string of the molecule is CCOC(=O)c1nocc1-c1ccccc1[N+](=O)[O-]. The third kappa shape index (κ3) is 2.44. The number of carbonyl (C=O) groups is 1. The molecule has 1 aromatic carbocycles. The minimum Gasteiger partial charge on any atom is -0.461 e. The molecule has 0 aliphatic heterocycles. The first-order valence-electron chi connectivity index (χ1n) is 5.50. The number of nitro groups is 1. The Hall–Kier alpha value is -2.70. The summed E-state index contributed by atoms with van der Waals surface area (Å²) in [4.78, 5) is 22.1. The van der Waals surface area contributed by atoms with Gasteiger partial charge in [-0.15, -0.1) is 0 Å². The molecule has 0 aliphatic carbocycles. The minimum atomic E-state index is -0.676. The van der Waals surface area contributed by atoms with Gasteiger partial charge in [-0.2, -0.15) is 0 Å². The van der Waals surface area contributed by atoms with E-state index < -0.39 is 10.9 Å². The van der Waals surface area contributed by atoms with E-state index in [1.807, 2.05) is 0 Å².